The first-order valence-electron chi connectivity index (χ1n) is 8.49. The normalized spacial score (nSPS) is 21.0. The van der Waals surface area contributed by atoms with Gasteiger partial charge in [-0.2, -0.15) is 0 Å². The highest BCUT2D eigenvalue weighted by Gasteiger charge is 2.27. The third-order valence-electron chi connectivity index (χ3n) is 4.53. The molecule has 1 fully saturated rings. The molecule has 2 atom stereocenters. The van der Waals surface area contributed by atoms with Crippen molar-refractivity contribution >= 4 is 23.0 Å². The van der Waals surface area contributed by atoms with Crippen molar-refractivity contribution in [3.63, 3.8) is 0 Å². The molecule has 0 aromatic carbocycles. The first-order valence-corrected chi connectivity index (χ1v) is 9.30. The Balaban J connectivity index is 1.74. The van der Waals surface area contributed by atoms with Crippen LogP contribution in [0.1, 0.15) is 72.8 Å². The van der Waals surface area contributed by atoms with Crippen LogP contribution in [0.2, 0.25) is 0 Å². The van der Waals surface area contributed by atoms with Crippen LogP contribution in [-0.4, -0.2) is 17.7 Å². The van der Waals surface area contributed by atoms with E-state index in [0.29, 0.717) is 24.8 Å². The molecule has 1 N–H and O–H groups in total. The van der Waals surface area contributed by atoms with Crippen molar-refractivity contribution in [2.45, 2.75) is 71.3 Å². The second-order valence-corrected chi connectivity index (χ2v) is 7.63. The molecule has 1 amide bonds. The Morgan fingerprint density at radius 2 is 2.09 bits per heavy atom. The molecule has 0 spiro atoms. The number of rotatable bonds is 8. The van der Waals surface area contributed by atoms with E-state index < -0.39 is 0 Å². The van der Waals surface area contributed by atoms with Gasteiger partial charge >= 0.3 is 0 Å². The van der Waals surface area contributed by atoms with E-state index in [2.05, 4.69) is 12.2 Å². The lowest BCUT2D eigenvalue weighted by Crippen LogP contribution is -2.37. The molecule has 2 rings (SSSR count). The molecule has 2 unspecified atom stereocenters. The zero-order chi connectivity index (χ0) is 15.9. The fourth-order valence-electron chi connectivity index (χ4n) is 3.25. The summed E-state index contributed by atoms with van der Waals surface area (Å²) < 4.78 is 0. The minimum Gasteiger partial charge on any atom is -0.353 e. The lowest BCUT2D eigenvalue weighted by molar-refractivity contribution is -0.122. The third-order valence-corrected chi connectivity index (χ3v) is 5.57. The summed E-state index contributed by atoms with van der Waals surface area (Å²) in [5.41, 5.74) is 0. The highest BCUT2D eigenvalue weighted by molar-refractivity contribution is 7.14. The van der Waals surface area contributed by atoms with Crippen molar-refractivity contribution in [1.82, 2.24) is 5.32 Å². The number of aryl methyl sites for hydroxylation is 1. The maximum Gasteiger partial charge on any atom is 0.220 e. The molecular formula is C18H27NO2S. The summed E-state index contributed by atoms with van der Waals surface area (Å²) in [5.74, 6) is 0.761. The lowest BCUT2D eigenvalue weighted by atomic mass is 9.96. The van der Waals surface area contributed by atoms with Gasteiger partial charge < -0.3 is 5.32 Å². The maximum atomic E-state index is 12.1. The second kappa shape index (κ2) is 8.47. The minimum absolute atomic E-state index is 0.0371. The van der Waals surface area contributed by atoms with Gasteiger partial charge in [0, 0.05) is 23.8 Å². The third kappa shape index (κ3) is 4.94. The number of ketones is 1. The smallest absolute Gasteiger partial charge is 0.220 e. The summed E-state index contributed by atoms with van der Waals surface area (Å²) in [6, 6.07) is 4.14. The van der Waals surface area contributed by atoms with Crippen LogP contribution in [0.3, 0.4) is 0 Å². The molecule has 0 aliphatic heterocycles. The molecule has 0 saturated heterocycles. The van der Waals surface area contributed by atoms with Gasteiger partial charge in [-0.1, -0.05) is 26.2 Å². The largest absolute Gasteiger partial charge is 0.353 e. The molecule has 22 heavy (non-hydrogen) atoms. The highest BCUT2D eigenvalue weighted by Crippen LogP contribution is 2.30. The molecule has 0 radical (unpaired) electrons. The Morgan fingerprint density at radius 1 is 1.27 bits per heavy atom. The molecule has 1 heterocycles. The minimum atomic E-state index is 0.0371. The van der Waals surface area contributed by atoms with Gasteiger partial charge in [0.15, 0.2) is 5.78 Å². The Kier molecular flexibility index (Phi) is 6.62. The predicted octanol–water partition coefficient (Wildman–Crippen LogP) is 4.49. The van der Waals surface area contributed by atoms with Gasteiger partial charge in [0.05, 0.1) is 4.88 Å². The predicted molar refractivity (Wildman–Crippen MR) is 91.4 cm³/mol. The molecule has 3 nitrogen and oxygen atoms in total. The monoisotopic (exact) mass is 321 g/mol. The van der Waals surface area contributed by atoms with Crippen molar-refractivity contribution in [3.8, 4) is 0 Å². The van der Waals surface area contributed by atoms with E-state index in [1.807, 2.05) is 19.1 Å². The number of amides is 1. The van der Waals surface area contributed by atoms with Crippen molar-refractivity contribution in [3.05, 3.63) is 21.9 Å². The number of Topliss-reactive ketones (excluding diaryl/α,β-unsaturated/α-hetero) is 1. The van der Waals surface area contributed by atoms with E-state index >= 15 is 0 Å². The zero-order valence-electron chi connectivity index (χ0n) is 13.7. The standard InChI is InChI=1S/C18H27NO2S/c1-3-4-6-14-7-5-8-15(14)19-18(21)12-10-16(20)17-11-9-13(2)22-17/h9,11,14-15H,3-8,10,12H2,1-2H3,(H,19,21). The first-order chi connectivity index (χ1) is 10.6. The van der Waals surface area contributed by atoms with E-state index in [1.165, 1.54) is 43.4 Å². The number of hydrogen-bond acceptors (Lipinski definition) is 3. The maximum absolute atomic E-state index is 12.1. The van der Waals surface area contributed by atoms with Crippen LogP contribution >= 0.6 is 11.3 Å². The number of nitrogens with one attached hydrogen (secondary N) is 1. The molecule has 1 aromatic heterocycles. The van der Waals surface area contributed by atoms with Crippen molar-refractivity contribution in [1.29, 1.82) is 0 Å². The Labute approximate surface area is 137 Å². The second-order valence-electron chi connectivity index (χ2n) is 6.34. The molecule has 1 saturated carbocycles. The number of hydrogen-bond donors (Lipinski definition) is 1. The quantitative estimate of drug-likeness (QED) is 0.717. The van der Waals surface area contributed by atoms with Gasteiger partial charge in [-0.15, -0.1) is 11.3 Å². The van der Waals surface area contributed by atoms with Gasteiger partial charge in [-0.25, -0.2) is 0 Å². The van der Waals surface area contributed by atoms with Crippen LogP contribution < -0.4 is 5.32 Å². The fraction of sp³-hybridized carbons (Fsp3) is 0.667. The van der Waals surface area contributed by atoms with Crippen molar-refractivity contribution in [2.24, 2.45) is 5.92 Å². The van der Waals surface area contributed by atoms with Gasteiger partial charge in [0.1, 0.15) is 0 Å². The summed E-state index contributed by atoms with van der Waals surface area (Å²) in [6.07, 6.45) is 7.85. The van der Waals surface area contributed by atoms with Crippen LogP contribution in [-0.2, 0) is 4.79 Å². The van der Waals surface area contributed by atoms with E-state index in [1.54, 1.807) is 0 Å². The van der Waals surface area contributed by atoms with E-state index in [-0.39, 0.29) is 11.7 Å². The summed E-state index contributed by atoms with van der Waals surface area (Å²) in [4.78, 5) is 26.0. The molecule has 4 heteroatoms. The average Bonchev–Trinajstić information content (AvgIpc) is 3.11. The van der Waals surface area contributed by atoms with Gasteiger partial charge in [-0.3, -0.25) is 9.59 Å². The van der Waals surface area contributed by atoms with E-state index in [9.17, 15) is 9.59 Å². The van der Waals surface area contributed by atoms with Gasteiger partial charge in [0.2, 0.25) is 5.91 Å². The summed E-state index contributed by atoms with van der Waals surface area (Å²) in [7, 11) is 0. The van der Waals surface area contributed by atoms with Crippen molar-refractivity contribution in [2.75, 3.05) is 0 Å². The van der Waals surface area contributed by atoms with E-state index in [4.69, 9.17) is 0 Å². The summed E-state index contributed by atoms with van der Waals surface area (Å²) in [6.45, 7) is 4.20. The topological polar surface area (TPSA) is 46.2 Å². The number of carbonyl (C=O) groups is 2. The van der Waals surface area contributed by atoms with E-state index in [0.717, 1.165) is 16.2 Å². The zero-order valence-corrected chi connectivity index (χ0v) is 14.5. The van der Waals surface area contributed by atoms with Crippen LogP contribution in [0.15, 0.2) is 12.1 Å². The first kappa shape index (κ1) is 17.2. The van der Waals surface area contributed by atoms with Crippen LogP contribution in [0.4, 0.5) is 0 Å². The number of carbonyl (C=O) groups excluding carboxylic acids is 2. The Bertz CT molecular complexity index is 509. The van der Waals surface area contributed by atoms with Gasteiger partial charge in [0.25, 0.3) is 0 Å². The van der Waals surface area contributed by atoms with Crippen molar-refractivity contribution < 1.29 is 9.59 Å². The molecule has 0 bridgehead atoms. The summed E-state index contributed by atoms with van der Waals surface area (Å²) in [5, 5.41) is 3.16. The lowest BCUT2D eigenvalue weighted by Gasteiger charge is -2.20. The Hall–Kier alpha value is -1.16. The molecular weight excluding hydrogens is 294 g/mol. The molecule has 1 aliphatic carbocycles. The SMILES string of the molecule is CCCCC1CCCC1NC(=O)CCC(=O)c1ccc(C)s1. The average molecular weight is 321 g/mol. The highest BCUT2D eigenvalue weighted by atomic mass is 32.1. The fourth-order valence-corrected chi connectivity index (χ4v) is 4.09. The van der Waals surface area contributed by atoms with Crippen LogP contribution in [0.25, 0.3) is 0 Å². The Morgan fingerprint density at radius 3 is 2.77 bits per heavy atom. The number of thiophene rings is 1. The summed E-state index contributed by atoms with van der Waals surface area (Å²) >= 11 is 1.51. The molecule has 122 valence electrons. The molecule has 1 aliphatic rings. The van der Waals surface area contributed by atoms with Crippen LogP contribution in [0.5, 0.6) is 0 Å². The molecule has 1 aromatic rings. The number of unbranched alkanes of at least 4 members (excludes halogenated alkanes) is 1. The van der Waals surface area contributed by atoms with Crippen LogP contribution in [0, 0.1) is 12.8 Å². The van der Waals surface area contributed by atoms with Gasteiger partial charge in [-0.05, 0) is 44.2 Å².